The molecule has 0 aromatic heterocycles. The molecule has 0 aliphatic heterocycles. The van der Waals surface area contributed by atoms with Gasteiger partial charge in [-0.25, -0.2) is 9.59 Å². The molecule has 2 rings (SSSR count). The third-order valence-corrected chi connectivity index (χ3v) is 3.09. The number of hydrogen-bond donors (Lipinski definition) is 4. The highest BCUT2D eigenvalue weighted by Crippen LogP contribution is 2.21. The first-order chi connectivity index (χ1) is 12.0. The maximum Gasteiger partial charge on any atom is 0.414 e. The lowest BCUT2D eigenvalue weighted by atomic mass is 9.99. The zero-order valence-corrected chi connectivity index (χ0v) is 13.7. The van der Waals surface area contributed by atoms with Crippen molar-refractivity contribution in [1.82, 2.24) is 10.6 Å². The Balaban J connectivity index is 0.000000450. The first-order valence-electron chi connectivity index (χ1n) is 7.45. The van der Waals surface area contributed by atoms with Gasteiger partial charge in [0.15, 0.2) is 0 Å². The van der Waals surface area contributed by atoms with E-state index in [4.69, 9.17) is 19.8 Å². The minimum Gasteiger partial charge on any atom is -0.473 e. The van der Waals surface area contributed by atoms with Gasteiger partial charge in [0.05, 0.1) is 12.6 Å². The summed E-state index contributed by atoms with van der Waals surface area (Å²) in [4.78, 5) is 30.0. The topological polar surface area (TPSA) is 116 Å². The van der Waals surface area contributed by atoms with Gasteiger partial charge < -0.3 is 20.8 Å². The molecule has 2 aromatic rings. The zero-order chi connectivity index (χ0) is 18.7. The first kappa shape index (κ1) is 19.9. The van der Waals surface area contributed by atoms with Crippen LogP contribution >= 0.6 is 0 Å². The first-order valence-corrected chi connectivity index (χ1v) is 7.45. The summed E-state index contributed by atoms with van der Waals surface area (Å²) in [6.45, 7) is 0.316. The van der Waals surface area contributed by atoms with Crippen LogP contribution in [0.1, 0.15) is 17.2 Å². The third kappa shape index (κ3) is 7.28. The average molecular weight is 344 g/mol. The average Bonchev–Trinajstić information content (AvgIpc) is 2.62. The van der Waals surface area contributed by atoms with Gasteiger partial charge in [-0.2, -0.15) is 0 Å². The molecule has 0 saturated carbocycles. The van der Waals surface area contributed by atoms with Crippen molar-refractivity contribution in [1.29, 1.82) is 0 Å². The number of carboxylic acid groups (broad SMARTS) is 2. The summed E-state index contributed by atoms with van der Waals surface area (Å²) in [6, 6.07) is 19.9. The fourth-order valence-electron chi connectivity index (χ4n) is 2.02. The van der Waals surface area contributed by atoms with E-state index in [2.05, 4.69) is 10.6 Å². The van der Waals surface area contributed by atoms with Gasteiger partial charge in [0.1, 0.15) is 0 Å². The largest absolute Gasteiger partial charge is 0.473 e. The van der Waals surface area contributed by atoms with Crippen LogP contribution in [0.25, 0.3) is 0 Å². The molecule has 2 aromatic carbocycles. The van der Waals surface area contributed by atoms with Gasteiger partial charge in [0.25, 0.3) is 0 Å². The van der Waals surface area contributed by atoms with Gasteiger partial charge in [-0.1, -0.05) is 60.7 Å². The number of amides is 1. The Kier molecular flexibility index (Phi) is 8.39. The summed E-state index contributed by atoms with van der Waals surface area (Å²) >= 11 is 0. The Labute approximate surface area is 145 Å². The highest BCUT2D eigenvalue weighted by Gasteiger charge is 2.15. The van der Waals surface area contributed by atoms with E-state index < -0.39 is 11.9 Å². The molecule has 0 bridgehead atoms. The van der Waals surface area contributed by atoms with Gasteiger partial charge >= 0.3 is 11.9 Å². The number of nitrogens with one attached hydrogen (secondary N) is 2. The monoisotopic (exact) mass is 344 g/mol. The van der Waals surface area contributed by atoms with Gasteiger partial charge in [-0.15, -0.1) is 0 Å². The van der Waals surface area contributed by atoms with Crippen LogP contribution in [-0.2, 0) is 14.4 Å². The Morgan fingerprint density at radius 2 is 1.24 bits per heavy atom. The maximum absolute atomic E-state index is 11.8. The summed E-state index contributed by atoms with van der Waals surface area (Å²) in [7, 11) is 1.76. The third-order valence-electron chi connectivity index (χ3n) is 3.09. The summed E-state index contributed by atoms with van der Waals surface area (Å²) in [6.07, 6.45) is 0. The fraction of sp³-hybridized carbons (Fsp3) is 0.167. The fourth-order valence-corrected chi connectivity index (χ4v) is 2.02. The number of carbonyl (C=O) groups excluding carboxylic acids is 1. The molecule has 0 heterocycles. The quantitative estimate of drug-likeness (QED) is 0.607. The van der Waals surface area contributed by atoms with Crippen LogP contribution in [-0.4, -0.2) is 41.7 Å². The van der Waals surface area contributed by atoms with Gasteiger partial charge in [0, 0.05) is 0 Å². The number of rotatable bonds is 5. The summed E-state index contributed by atoms with van der Waals surface area (Å²) in [5, 5.41) is 20.7. The summed E-state index contributed by atoms with van der Waals surface area (Å²) in [5.74, 6) is -3.66. The molecule has 7 nitrogen and oxygen atoms in total. The number of likely N-dealkylation sites (N-methyl/N-ethyl adjacent to an activating group) is 1. The van der Waals surface area contributed by atoms with Crippen LogP contribution in [0.2, 0.25) is 0 Å². The highest BCUT2D eigenvalue weighted by molar-refractivity contribution is 6.27. The van der Waals surface area contributed by atoms with E-state index in [1.807, 2.05) is 60.7 Å². The molecule has 0 spiro atoms. The molecule has 0 aliphatic rings. The van der Waals surface area contributed by atoms with E-state index in [-0.39, 0.29) is 11.9 Å². The molecule has 25 heavy (non-hydrogen) atoms. The van der Waals surface area contributed by atoms with Crippen LogP contribution in [0.3, 0.4) is 0 Å². The van der Waals surface area contributed by atoms with Crippen LogP contribution in [0.5, 0.6) is 0 Å². The summed E-state index contributed by atoms with van der Waals surface area (Å²) < 4.78 is 0. The zero-order valence-electron chi connectivity index (χ0n) is 13.7. The van der Waals surface area contributed by atoms with Crippen LogP contribution in [0.15, 0.2) is 60.7 Å². The molecule has 0 atom stereocenters. The lowest BCUT2D eigenvalue weighted by molar-refractivity contribution is -0.159. The molecule has 0 unspecified atom stereocenters. The highest BCUT2D eigenvalue weighted by atomic mass is 16.4. The second kappa shape index (κ2) is 10.6. The van der Waals surface area contributed by atoms with E-state index in [0.29, 0.717) is 6.54 Å². The van der Waals surface area contributed by atoms with Gasteiger partial charge in [-0.05, 0) is 18.2 Å². The van der Waals surface area contributed by atoms with Crippen molar-refractivity contribution in [3.05, 3.63) is 71.8 Å². The number of carboxylic acids is 2. The number of hydrogen-bond acceptors (Lipinski definition) is 4. The lowest BCUT2D eigenvalue weighted by Gasteiger charge is -2.19. The predicted octanol–water partition coefficient (Wildman–Crippen LogP) is 1.27. The van der Waals surface area contributed by atoms with Crippen LogP contribution in [0, 0.1) is 0 Å². The number of benzene rings is 2. The second-order valence-corrected chi connectivity index (χ2v) is 4.96. The molecule has 0 aliphatic carbocycles. The SMILES string of the molecule is CNCC(=O)NC(c1ccccc1)c1ccccc1.O=C(O)C(=O)O. The summed E-state index contributed by atoms with van der Waals surface area (Å²) in [5.41, 5.74) is 2.16. The molecule has 0 saturated heterocycles. The van der Waals surface area contributed by atoms with Gasteiger partial charge in [0.2, 0.25) is 5.91 Å². The van der Waals surface area contributed by atoms with Crippen molar-refractivity contribution in [3.8, 4) is 0 Å². The van der Waals surface area contributed by atoms with Crippen molar-refractivity contribution in [2.45, 2.75) is 6.04 Å². The van der Waals surface area contributed by atoms with Crippen molar-refractivity contribution >= 4 is 17.8 Å². The Morgan fingerprint density at radius 3 is 1.56 bits per heavy atom. The van der Waals surface area contributed by atoms with E-state index in [1.54, 1.807) is 7.05 Å². The van der Waals surface area contributed by atoms with Crippen LogP contribution < -0.4 is 10.6 Å². The predicted molar refractivity (Wildman–Crippen MR) is 92.1 cm³/mol. The van der Waals surface area contributed by atoms with E-state index in [0.717, 1.165) is 11.1 Å². The molecule has 4 N–H and O–H groups in total. The van der Waals surface area contributed by atoms with Gasteiger partial charge in [-0.3, -0.25) is 4.79 Å². The molecule has 132 valence electrons. The minimum atomic E-state index is -1.82. The Hall–Kier alpha value is -3.19. The van der Waals surface area contributed by atoms with E-state index >= 15 is 0 Å². The molecule has 0 fully saturated rings. The normalized spacial score (nSPS) is 9.68. The number of aliphatic carboxylic acids is 2. The van der Waals surface area contributed by atoms with Crippen molar-refractivity contribution in [3.63, 3.8) is 0 Å². The molecule has 0 radical (unpaired) electrons. The standard InChI is InChI=1S/C16H18N2O.C2H2O4/c1-17-12-15(19)18-16(13-8-4-2-5-9-13)14-10-6-3-7-11-14;3-1(4)2(5)6/h2-11,16-17H,12H2,1H3,(H,18,19);(H,3,4)(H,5,6). The molecular weight excluding hydrogens is 324 g/mol. The number of carbonyl (C=O) groups is 3. The van der Waals surface area contributed by atoms with E-state index in [9.17, 15) is 4.79 Å². The Bertz CT molecular complexity index is 638. The van der Waals surface area contributed by atoms with Crippen molar-refractivity contribution in [2.75, 3.05) is 13.6 Å². The second-order valence-electron chi connectivity index (χ2n) is 4.96. The maximum atomic E-state index is 11.8. The lowest BCUT2D eigenvalue weighted by Crippen LogP contribution is -2.35. The van der Waals surface area contributed by atoms with Crippen molar-refractivity contribution in [2.24, 2.45) is 0 Å². The Morgan fingerprint density at radius 1 is 0.840 bits per heavy atom. The minimum absolute atomic E-state index is 0.0137. The molecule has 1 amide bonds. The smallest absolute Gasteiger partial charge is 0.414 e. The van der Waals surface area contributed by atoms with Crippen molar-refractivity contribution < 1.29 is 24.6 Å². The molecular formula is C18H20N2O5. The van der Waals surface area contributed by atoms with Crippen LogP contribution in [0.4, 0.5) is 0 Å². The molecule has 7 heteroatoms. The van der Waals surface area contributed by atoms with E-state index in [1.165, 1.54) is 0 Å².